The molecule has 0 bridgehead atoms. The second kappa shape index (κ2) is 4.31. The summed E-state index contributed by atoms with van der Waals surface area (Å²) in [5.41, 5.74) is 2.52. The second-order valence-electron chi connectivity index (χ2n) is 4.81. The SMILES string of the molecule is Cc1ccc(C2CCN(C(C)C)C2)cn1. The minimum Gasteiger partial charge on any atom is -0.300 e. The Labute approximate surface area is 92.3 Å². The first-order valence-electron chi connectivity index (χ1n) is 5.83. The summed E-state index contributed by atoms with van der Waals surface area (Å²) >= 11 is 0. The smallest absolute Gasteiger partial charge is 0.0372 e. The highest BCUT2D eigenvalue weighted by Gasteiger charge is 2.25. The summed E-state index contributed by atoms with van der Waals surface area (Å²) in [4.78, 5) is 6.92. The van der Waals surface area contributed by atoms with Gasteiger partial charge in [0.25, 0.3) is 0 Å². The number of likely N-dealkylation sites (tertiary alicyclic amines) is 1. The zero-order chi connectivity index (χ0) is 10.8. The third-order valence-corrected chi connectivity index (χ3v) is 3.36. The fourth-order valence-corrected chi connectivity index (χ4v) is 2.25. The summed E-state index contributed by atoms with van der Waals surface area (Å²) in [6.07, 6.45) is 3.33. The lowest BCUT2D eigenvalue weighted by atomic mass is 10.0. The summed E-state index contributed by atoms with van der Waals surface area (Å²) in [6.45, 7) is 9.02. The van der Waals surface area contributed by atoms with Gasteiger partial charge in [-0.15, -0.1) is 0 Å². The van der Waals surface area contributed by atoms with E-state index in [1.54, 1.807) is 0 Å². The average molecular weight is 204 g/mol. The second-order valence-corrected chi connectivity index (χ2v) is 4.81. The van der Waals surface area contributed by atoms with Gasteiger partial charge in [0, 0.05) is 24.5 Å². The highest BCUT2D eigenvalue weighted by Crippen LogP contribution is 2.27. The van der Waals surface area contributed by atoms with Gasteiger partial charge in [-0.05, 0) is 51.3 Å². The summed E-state index contributed by atoms with van der Waals surface area (Å²) in [5, 5.41) is 0. The summed E-state index contributed by atoms with van der Waals surface area (Å²) < 4.78 is 0. The molecule has 0 amide bonds. The van der Waals surface area contributed by atoms with Gasteiger partial charge in [0.2, 0.25) is 0 Å². The minimum atomic E-state index is 0.674. The van der Waals surface area contributed by atoms with Crippen LogP contribution in [0.25, 0.3) is 0 Å². The molecule has 0 aromatic carbocycles. The molecule has 1 fully saturated rings. The lowest BCUT2D eigenvalue weighted by molar-refractivity contribution is 0.272. The molecular weight excluding hydrogens is 184 g/mol. The van der Waals surface area contributed by atoms with Crippen LogP contribution in [-0.2, 0) is 0 Å². The van der Waals surface area contributed by atoms with Crippen LogP contribution >= 0.6 is 0 Å². The lowest BCUT2D eigenvalue weighted by Crippen LogP contribution is -2.27. The predicted molar refractivity (Wildman–Crippen MR) is 63.0 cm³/mol. The largest absolute Gasteiger partial charge is 0.300 e. The van der Waals surface area contributed by atoms with E-state index < -0.39 is 0 Å². The minimum absolute atomic E-state index is 0.674. The summed E-state index contributed by atoms with van der Waals surface area (Å²) in [7, 11) is 0. The Hall–Kier alpha value is -0.890. The van der Waals surface area contributed by atoms with Crippen LogP contribution in [0.15, 0.2) is 18.3 Å². The van der Waals surface area contributed by atoms with E-state index in [-0.39, 0.29) is 0 Å². The molecule has 15 heavy (non-hydrogen) atoms. The maximum atomic E-state index is 4.38. The third-order valence-electron chi connectivity index (χ3n) is 3.36. The number of hydrogen-bond donors (Lipinski definition) is 0. The number of aromatic nitrogens is 1. The van der Waals surface area contributed by atoms with Gasteiger partial charge in [0.1, 0.15) is 0 Å². The predicted octanol–water partition coefficient (Wildman–Crippen LogP) is 2.59. The Bertz CT molecular complexity index is 316. The molecule has 1 aliphatic rings. The highest BCUT2D eigenvalue weighted by molar-refractivity contribution is 5.19. The quantitative estimate of drug-likeness (QED) is 0.736. The Morgan fingerprint density at radius 2 is 2.20 bits per heavy atom. The maximum absolute atomic E-state index is 4.38. The van der Waals surface area contributed by atoms with Crippen molar-refractivity contribution in [2.24, 2.45) is 0 Å². The fraction of sp³-hybridized carbons (Fsp3) is 0.615. The Morgan fingerprint density at radius 1 is 1.40 bits per heavy atom. The van der Waals surface area contributed by atoms with E-state index in [1.165, 1.54) is 25.1 Å². The first kappa shape index (κ1) is 10.6. The van der Waals surface area contributed by atoms with Crippen LogP contribution in [0.2, 0.25) is 0 Å². The molecule has 2 heteroatoms. The fourth-order valence-electron chi connectivity index (χ4n) is 2.25. The maximum Gasteiger partial charge on any atom is 0.0372 e. The van der Waals surface area contributed by atoms with Gasteiger partial charge < -0.3 is 4.90 Å². The van der Waals surface area contributed by atoms with Crippen LogP contribution in [0.4, 0.5) is 0 Å². The number of hydrogen-bond acceptors (Lipinski definition) is 2. The molecule has 1 aromatic rings. The third kappa shape index (κ3) is 2.37. The van der Waals surface area contributed by atoms with Crippen LogP contribution in [0.1, 0.15) is 37.4 Å². The molecule has 0 N–H and O–H groups in total. The average Bonchev–Trinajstić information content (AvgIpc) is 2.68. The van der Waals surface area contributed by atoms with Gasteiger partial charge in [-0.1, -0.05) is 6.07 Å². The van der Waals surface area contributed by atoms with E-state index in [1.807, 2.05) is 13.1 Å². The Kier molecular flexibility index (Phi) is 3.06. The molecule has 0 saturated carbocycles. The van der Waals surface area contributed by atoms with Crippen molar-refractivity contribution in [2.45, 2.75) is 39.2 Å². The molecule has 0 aliphatic carbocycles. The molecule has 0 radical (unpaired) electrons. The molecule has 2 rings (SSSR count). The molecule has 1 unspecified atom stereocenters. The lowest BCUT2D eigenvalue weighted by Gasteiger charge is -2.20. The number of nitrogens with zero attached hydrogens (tertiary/aromatic N) is 2. The van der Waals surface area contributed by atoms with E-state index in [2.05, 4.69) is 35.9 Å². The standard InChI is InChI=1S/C13H20N2/c1-10(2)15-7-6-13(9-15)12-5-4-11(3)14-8-12/h4-5,8,10,13H,6-7,9H2,1-3H3. The molecule has 82 valence electrons. The van der Waals surface area contributed by atoms with Gasteiger partial charge in [-0.25, -0.2) is 0 Å². The van der Waals surface area contributed by atoms with Gasteiger partial charge in [-0.2, -0.15) is 0 Å². The molecule has 1 aliphatic heterocycles. The van der Waals surface area contributed by atoms with E-state index >= 15 is 0 Å². The zero-order valence-electron chi connectivity index (χ0n) is 9.90. The molecule has 1 atom stereocenters. The van der Waals surface area contributed by atoms with Crippen molar-refractivity contribution < 1.29 is 0 Å². The van der Waals surface area contributed by atoms with Crippen LogP contribution in [-0.4, -0.2) is 29.0 Å². The van der Waals surface area contributed by atoms with E-state index in [0.717, 1.165) is 5.69 Å². The Balaban J connectivity index is 2.04. The highest BCUT2D eigenvalue weighted by atomic mass is 15.2. The molecular formula is C13H20N2. The number of aryl methyl sites for hydroxylation is 1. The topological polar surface area (TPSA) is 16.1 Å². The van der Waals surface area contributed by atoms with Gasteiger partial charge in [0.15, 0.2) is 0 Å². The molecule has 1 saturated heterocycles. The van der Waals surface area contributed by atoms with Crippen molar-refractivity contribution in [2.75, 3.05) is 13.1 Å². The van der Waals surface area contributed by atoms with Gasteiger partial charge >= 0.3 is 0 Å². The van der Waals surface area contributed by atoms with E-state index in [9.17, 15) is 0 Å². The number of rotatable bonds is 2. The van der Waals surface area contributed by atoms with Crippen molar-refractivity contribution in [1.82, 2.24) is 9.88 Å². The number of pyridine rings is 1. The van der Waals surface area contributed by atoms with Gasteiger partial charge in [0.05, 0.1) is 0 Å². The van der Waals surface area contributed by atoms with Crippen LogP contribution in [0.3, 0.4) is 0 Å². The van der Waals surface area contributed by atoms with Gasteiger partial charge in [-0.3, -0.25) is 4.98 Å². The van der Waals surface area contributed by atoms with Crippen molar-refractivity contribution in [3.63, 3.8) is 0 Å². The van der Waals surface area contributed by atoms with Crippen molar-refractivity contribution >= 4 is 0 Å². The zero-order valence-corrected chi connectivity index (χ0v) is 9.90. The molecule has 2 nitrogen and oxygen atoms in total. The first-order valence-corrected chi connectivity index (χ1v) is 5.83. The van der Waals surface area contributed by atoms with Crippen molar-refractivity contribution in [3.05, 3.63) is 29.6 Å². The van der Waals surface area contributed by atoms with Crippen LogP contribution < -0.4 is 0 Å². The van der Waals surface area contributed by atoms with Crippen molar-refractivity contribution in [3.8, 4) is 0 Å². The summed E-state index contributed by atoms with van der Waals surface area (Å²) in [5.74, 6) is 0.695. The molecule has 1 aromatic heterocycles. The van der Waals surface area contributed by atoms with Crippen LogP contribution in [0, 0.1) is 6.92 Å². The van der Waals surface area contributed by atoms with Crippen LogP contribution in [0.5, 0.6) is 0 Å². The first-order chi connectivity index (χ1) is 7.16. The molecule has 0 spiro atoms. The summed E-state index contributed by atoms with van der Waals surface area (Å²) in [6, 6.07) is 5.03. The monoisotopic (exact) mass is 204 g/mol. The van der Waals surface area contributed by atoms with E-state index in [0.29, 0.717) is 12.0 Å². The van der Waals surface area contributed by atoms with E-state index in [4.69, 9.17) is 0 Å². The van der Waals surface area contributed by atoms with Crippen molar-refractivity contribution in [1.29, 1.82) is 0 Å². The molecule has 2 heterocycles. The Morgan fingerprint density at radius 3 is 2.73 bits per heavy atom. The normalized spacial score (nSPS) is 22.5.